The molecule has 0 aliphatic carbocycles. The zero-order chi connectivity index (χ0) is 9.00. The second-order valence-electron chi connectivity index (χ2n) is 0.961. The van der Waals surface area contributed by atoms with E-state index in [0.717, 1.165) is 0 Å². The summed E-state index contributed by atoms with van der Waals surface area (Å²) in [6.07, 6.45) is 0. The maximum Gasteiger partial charge on any atom is 2.00 e. The zero-order valence-electron chi connectivity index (χ0n) is 13.4. The van der Waals surface area contributed by atoms with E-state index in [1.165, 1.54) is 0 Å². The number of rotatable bonds is 0. The van der Waals surface area contributed by atoms with Crippen LogP contribution in [0.25, 0.3) is 0 Å². The molecule has 5 N–H and O–H groups in total. The fraction of sp³-hybridized carbons (Fsp3) is 0. The van der Waals surface area contributed by atoms with Gasteiger partial charge in [-0.15, -0.1) is 0 Å². The first-order valence-corrected chi connectivity index (χ1v) is 4.44. The van der Waals surface area contributed by atoms with E-state index in [2.05, 4.69) is 0 Å². The van der Waals surface area contributed by atoms with Crippen molar-refractivity contribution in [1.82, 2.24) is 0 Å². The molecule has 0 aliphatic rings. The average Bonchev–Trinajstić information content (AvgIpc) is 1.12. The molecule has 0 amide bonds. The summed E-state index contributed by atoms with van der Waals surface area (Å²) < 4.78 is 40.5. The van der Waals surface area contributed by atoms with E-state index >= 15 is 0 Å². The molecule has 0 aromatic rings. The monoisotopic (exact) mass is 398 g/mol. The van der Waals surface area contributed by atoms with Crippen LogP contribution in [-0.2, 0) is 32.0 Å². The van der Waals surface area contributed by atoms with Crippen molar-refractivity contribution < 1.29 is 215 Å². The molecular formula is H10FeK3MgO8PS. The minimum Gasteiger partial charge on any atom is -1.00 e. The van der Waals surface area contributed by atoms with E-state index < -0.39 is 18.2 Å². The summed E-state index contributed by atoms with van der Waals surface area (Å²) in [4.78, 5) is 21.6. The van der Waals surface area contributed by atoms with Gasteiger partial charge >= 0.3 is 195 Å². The zero-order valence-corrected chi connectivity index (χ0v) is 22.0. The second kappa shape index (κ2) is 22.5. The molecule has 0 heterocycles. The Kier molecular flexibility index (Phi) is 64.2. The van der Waals surface area contributed by atoms with Crippen molar-refractivity contribution >= 4 is 41.3 Å². The van der Waals surface area contributed by atoms with Crippen molar-refractivity contribution in [2.45, 2.75) is 0 Å². The number of hydrogen-bond acceptors (Lipinski definition) is 3. The van der Waals surface area contributed by atoms with Crippen molar-refractivity contribution in [3.8, 4) is 0 Å². The molecule has 0 atom stereocenters. The van der Waals surface area contributed by atoms with Crippen LogP contribution in [0.2, 0.25) is 0 Å². The number of phosphoric acid groups is 1. The third kappa shape index (κ3) is 175. The molecule has 0 aromatic carbocycles. The fourth-order valence-electron chi connectivity index (χ4n) is 0. The normalized spacial score (nSPS) is 7.80. The fourth-order valence-corrected chi connectivity index (χ4v) is 0. The van der Waals surface area contributed by atoms with Crippen LogP contribution >= 0.6 is 7.82 Å². The first kappa shape index (κ1) is 42.9. The first-order valence-electron chi connectivity index (χ1n) is 1.48. The van der Waals surface area contributed by atoms with Crippen LogP contribution < -0.4 is 154 Å². The minimum atomic E-state index is -4.67. The van der Waals surface area contributed by atoms with Crippen LogP contribution in [0.3, 0.4) is 0 Å². The summed E-state index contributed by atoms with van der Waals surface area (Å²) in [5, 5.41) is 0. The van der Waals surface area contributed by atoms with Gasteiger partial charge in [-0.05, 0) is 0 Å². The molecule has 0 aliphatic heterocycles. The molecule has 0 saturated carbocycles. The molecule has 0 spiro atoms. The third-order valence-corrected chi connectivity index (χ3v) is 0. The molecule has 0 saturated heterocycles. The van der Waals surface area contributed by atoms with Crippen LogP contribution in [0.5, 0.6) is 0 Å². The summed E-state index contributed by atoms with van der Waals surface area (Å²) >= 11 is 0. The standard InChI is InChI=1S/Fe.3K.Mg.H3O4P.H2O4S.5H/c;;;;;2*1-5(2,3)4;;;;;/h;;;;;(H3,1,2,3,4);(H2,1,2,3,4);;;;;/q;3*+1;+2;;;5*-1. The number of hydrogen-bond donors (Lipinski definition) is 5. The van der Waals surface area contributed by atoms with Gasteiger partial charge in [0.1, 0.15) is 0 Å². The Hall–Kier alpha value is 6.17. The molecule has 0 fully saturated rings. The van der Waals surface area contributed by atoms with E-state index in [-0.39, 0.29) is 201 Å². The molecule has 0 aromatic heterocycles. The predicted molar refractivity (Wildman–Crippen MR) is 39.8 cm³/mol. The second-order valence-corrected chi connectivity index (χ2v) is 2.88. The predicted octanol–water partition coefficient (Wildman–Crippen LogP) is -10.4. The van der Waals surface area contributed by atoms with Crippen LogP contribution in [0, 0.1) is 0 Å². The van der Waals surface area contributed by atoms with E-state index in [4.69, 9.17) is 36.8 Å². The summed E-state index contributed by atoms with van der Waals surface area (Å²) in [6.45, 7) is 0. The molecule has 15 heavy (non-hydrogen) atoms. The summed E-state index contributed by atoms with van der Waals surface area (Å²) in [6, 6.07) is 0. The maximum absolute atomic E-state index is 8.88. The van der Waals surface area contributed by atoms with Crippen LogP contribution in [-0.4, -0.2) is 55.3 Å². The van der Waals surface area contributed by atoms with E-state index in [1.54, 1.807) is 0 Å². The quantitative estimate of drug-likeness (QED) is 0.153. The molecular weight excluding hydrogens is 388 g/mol. The Bertz CT molecular complexity index is 224. The van der Waals surface area contributed by atoms with E-state index in [1.807, 2.05) is 0 Å². The van der Waals surface area contributed by atoms with Gasteiger partial charge in [0, 0.05) is 17.1 Å². The van der Waals surface area contributed by atoms with Gasteiger partial charge in [-0.3, -0.25) is 9.11 Å². The molecule has 8 nitrogen and oxygen atoms in total. The van der Waals surface area contributed by atoms with Crippen molar-refractivity contribution in [2.75, 3.05) is 0 Å². The third-order valence-electron chi connectivity index (χ3n) is 0. The van der Waals surface area contributed by atoms with Crippen molar-refractivity contribution in [2.24, 2.45) is 0 Å². The van der Waals surface area contributed by atoms with Gasteiger partial charge < -0.3 is 21.8 Å². The smallest absolute Gasteiger partial charge is 1.00 e. The first-order chi connectivity index (χ1) is 4.00. The Morgan fingerprint density at radius 1 is 0.933 bits per heavy atom. The van der Waals surface area contributed by atoms with Gasteiger partial charge in [-0.2, -0.15) is 8.42 Å². The maximum atomic E-state index is 8.88. The molecule has 0 radical (unpaired) electrons. The van der Waals surface area contributed by atoms with Crippen molar-refractivity contribution in [3.05, 3.63) is 0 Å². The van der Waals surface area contributed by atoms with Crippen molar-refractivity contribution in [3.63, 3.8) is 0 Å². The summed E-state index contributed by atoms with van der Waals surface area (Å²) in [5.41, 5.74) is 0. The van der Waals surface area contributed by atoms with Crippen LogP contribution in [0.1, 0.15) is 7.13 Å². The molecule has 15 heteroatoms. The largest absolute Gasteiger partial charge is 2.00 e. The van der Waals surface area contributed by atoms with Gasteiger partial charge in [0.05, 0.1) is 0 Å². The Labute approximate surface area is 249 Å². The van der Waals surface area contributed by atoms with Gasteiger partial charge in [-0.1, -0.05) is 0 Å². The van der Waals surface area contributed by atoms with Crippen molar-refractivity contribution in [1.29, 1.82) is 0 Å². The van der Waals surface area contributed by atoms with Gasteiger partial charge in [0.15, 0.2) is 0 Å². The van der Waals surface area contributed by atoms with Crippen LogP contribution in [0.15, 0.2) is 0 Å². The summed E-state index contributed by atoms with van der Waals surface area (Å²) in [5.74, 6) is 0. The molecule has 0 bridgehead atoms. The summed E-state index contributed by atoms with van der Waals surface area (Å²) in [7, 11) is -9.31. The topological polar surface area (TPSA) is 152 Å². The van der Waals surface area contributed by atoms with Gasteiger partial charge in [0.25, 0.3) is 0 Å². The average molecular weight is 399 g/mol. The van der Waals surface area contributed by atoms with Gasteiger partial charge in [0.2, 0.25) is 0 Å². The van der Waals surface area contributed by atoms with E-state index in [9.17, 15) is 0 Å². The Morgan fingerprint density at radius 2 is 0.933 bits per heavy atom. The van der Waals surface area contributed by atoms with E-state index in [0.29, 0.717) is 0 Å². The minimum absolute atomic E-state index is 0. The Morgan fingerprint density at radius 3 is 0.933 bits per heavy atom. The van der Waals surface area contributed by atoms with Crippen LogP contribution in [0.4, 0.5) is 0 Å². The van der Waals surface area contributed by atoms with Gasteiger partial charge in [-0.25, -0.2) is 4.57 Å². The Balaban J connectivity index is -0.00000000427. The molecule has 82 valence electrons. The molecule has 0 unspecified atom stereocenters. The molecule has 0 rings (SSSR count). The SMILES string of the molecule is O=P(O)(O)O.O=S(=O)(O)O.[Fe].[H-].[H-].[H-].[H-].[H-].[K+].[K+].[K+].[Mg+2].